The van der Waals surface area contributed by atoms with Crippen molar-refractivity contribution in [3.05, 3.63) is 58.1 Å². The normalized spacial score (nSPS) is 10.2. The lowest BCUT2D eigenvalue weighted by Crippen LogP contribution is -2.27. The molecule has 0 fully saturated rings. The van der Waals surface area contributed by atoms with E-state index in [1.165, 1.54) is 0 Å². The largest absolute Gasteiger partial charge is 0.497 e. The van der Waals surface area contributed by atoms with Crippen molar-refractivity contribution in [1.29, 1.82) is 0 Å². The van der Waals surface area contributed by atoms with Gasteiger partial charge in [-0.05, 0) is 23.8 Å². The lowest BCUT2D eigenvalue weighted by atomic mass is 10.1. The highest BCUT2D eigenvalue weighted by Crippen LogP contribution is 2.22. The maximum Gasteiger partial charge on any atom is 0.255 e. The number of nitrogens with zero attached hydrogens (tertiary/aromatic N) is 1. The Morgan fingerprint density at radius 2 is 2.00 bits per heavy atom. The van der Waals surface area contributed by atoms with Gasteiger partial charge in [0.1, 0.15) is 5.75 Å². The first-order valence-electron chi connectivity index (χ1n) is 6.45. The minimum Gasteiger partial charge on any atom is -0.497 e. The van der Waals surface area contributed by atoms with E-state index in [-0.39, 0.29) is 5.91 Å². The van der Waals surface area contributed by atoms with Gasteiger partial charge in [0.15, 0.2) is 0 Å². The van der Waals surface area contributed by atoms with Crippen LogP contribution in [-0.4, -0.2) is 25.0 Å². The molecular weight excluding hydrogens is 332 g/mol. The van der Waals surface area contributed by atoms with E-state index in [1.807, 2.05) is 24.3 Å². The molecule has 0 aromatic heterocycles. The van der Waals surface area contributed by atoms with Crippen molar-refractivity contribution in [2.24, 2.45) is 0 Å². The zero-order valence-electron chi connectivity index (χ0n) is 12.0. The molecule has 0 bridgehead atoms. The molecule has 0 saturated carbocycles. The Morgan fingerprint density at radius 1 is 1.29 bits per heavy atom. The van der Waals surface area contributed by atoms with E-state index in [0.717, 1.165) is 10.0 Å². The minimum absolute atomic E-state index is 0.120. The molecule has 2 rings (SSSR count). The molecular formula is C16H17BrN2O2. The highest BCUT2D eigenvalue weighted by atomic mass is 79.9. The van der Waals surface area contributed by atoms with Gasteiger partial charge in [0.05, 0.1) is 12.7 Å². The van der Waals surface area contributed by atoms with Crippen molar-refractivity contribution < 1.29 is 9.53 Å². The molecule has 2 aromatic carbocycles. The topological polar surface area (TPSA) is 55.6 Å². The number of amides is 1. The zero-order chi connectivity index (χ0) is 15.4. The van der Waals surface area contributed by atoms with Gasteiger partial charge in [-0.3, -0.25) is 4.79 Å². The molecule has 0 aliphatic rings. The van der Waals surface area contributed by atoms with Gasteiger partial charge in [-0.15, -0.1) is 0 Å². The number of ether oxygens (including phenoxy) is 1. The lowest BCUT2D eigenvalue weighted by molar-refractivity contribution is 0.0786. The molecule has 110 valence electrons. The average Bonchev–Trinajstić information content (AvgIpc) is 2.48. The molecule has 2 N–H and O–H groups in total. The summed E-state index contributed by atoms with van der Waals surface area (Å²) in [5.74, 6) is 0.517. The molecule has 0 saturated heterocycles. The van der Waals surface area contributed by atoms with Gasteiger partial charge in [0.25, 0.3) is 5.91 Å². The molecule has 0 heterocycles. The summed E-state index contributed by atoms with van der Waals surface area (Å²) < 4.78 is 6.07. The van der Waals surface area contributed by atoms with E-state index in [0.29, 0.717) is 23.5 Å². The van der Waals surface area contributed by atoms with Crippen molar-refractivity contribution in [1.82, 2.24) is 4.90 Å². The van der Waals surface area contributed by atoms with Gasteiger partial charge >= 0.3 is 0 Å². The van der Waals surface area contributed by atoms with E-state index in [4.69, 9.17) is 10.5 Å². The Kier molecular flexibility index (Phi) is 4.85. The van der Waals surface area contributed by atoms with Crippen molar-refractivity contribution >= 4 is 27.5 Å². The molecule has 4 nitrogen and oxygen atoms in total. The highest BCUT2D eigenvalue weighted by molar-refractivity contribution is 9.10. The van der Waals surface area contributed by atoms with E-state index in [2.05, 4.69) is 15.9 Å². The molecule has 0 radical (unpaired) electrons. The summed E-state index contributed by atoms with van der Waals surface area (Å²) in [6.45, 7) is 0.506. The predicted molar refractivity (Wildman–Crippen MR) is 87.3 cm³/mol. The summed E-state index contributed by atoms with van der Waals surface area (Å²) in [6, 6.07) is 12.9. The first kappa shape index (κ1) is 15.4. The number of benzene rings is 2. The average molecular weight is 349 g/mol. The van der Waals surface area contributed by atoms with Crippen LogP contribution >= 0.6 is 15.9 Å². The summed E-state index contributed by atoms with van der Waals surface area (Å²) in [5.41, 5.74) is 7.86. The number of hydrogen-bond acceptors (Lipinski definition) is 3. The fourth-order valence-electron chi connectivity index (χ4n) is 2.02. The van der Waals surface area contributed by atoms with Crippen LogP contribution in [0.2, 0.25) is 0 Å². The lowest BCUT2D eigenvalue weighted by Gasteiger charge is -2.19. The van der Waals surface area contributed by atoms with Crippen LogP contribution in [0.4, 0.5) is 5.69 Å². The van der Waals surface area contributed by atoms with E-state index < -0.39 is 0 Å². The molecule has 0 atom stereocenters. The van der Waals surface area contributed by atoms with Crippen LogP contribution in [0, 0.1) is 0 Å². The van der Waals surface area contributed by atoms with Crippen molar-refractivity contribution in [2.45, 2.75) is 6.54 Å². The summed E-state index contributed by atoms with van der Waals surface area (Å²) in [4.78, 5) is 14.1. The first-order valence-corrected chi connectivity index (χ1v) is 7.24. The Bertz CT molecular complexity index is 658. The molecule has 5 heteroatoms. The molecule has 1 amide bonds. The minimum atomic E-state index is -0.120. The third kappa shape index (κ3) is 3.55. The Hall–Kier alpha value is -2.01. The second-order valence-electron chi connectivity index (χ2n) is 4.71. The van der Waals surface area contributed by atoms with Gasteiger partial charge in [-0.25, -0.2) is 0 Å². The summed E-state index contributed by atoms with van der Waals surface area (Å²) in [7, 11) is 3.32. The van der Waals surface area contributed by atoms with E-state index in [9.17, 15) is 4.79 Å². The van der Waals surface area contributed by atoms with Crippen LogP contribution in [-0.2, 0) is 6.54 Å². The van der Waals surface area contributed by atoms with Gasteiger partial charge in [0, 0.05) is 29.8 Å². The first-order chi connectivity index (χ1) is 10.0. The second-order valence-corrected chi connectivity index (χ2v) is 5.56. The van der Waals surface area contributed by atoms with E-state index in [1.54, 1.807) is 37.3 Å². The Morgan fingerprint density at radius 3 is 2.62 bits per heavy atom. The Balaban J connectivity index is 2.18. The molecule has 0 aliphatic heterocycles. The summed E-state index contributed by atoms with van der Waals surface area (Å²) in [5, 5.41) is 0. The number of nitrogens with two attached hydrogens (primary N) is 1. The molecule has 21 heavy (non-hydrogen) atoms. The monoisotopic (exact) mass is 348 g/mol. The standard InChI is InChI=1S/C16H17BrN2O2/c1-19(10-11-5-3-4-6-14(11)17)16(20)13-8-7-12(21-2)9-15(13)18/h3-9H,10,18H2,1-2H3. The van der Waals surface area contributed by atoms with Gasteiger partial charge in [0.2, 0.25) is 0 Å². The van der Waals surface area contributed by atoms with Crippen LogP contribution < -0.4 is 10.5 Å². The number of nitrogen functional groups attached to an aromatic ring is 1. The summed E-state index contributed by atoms with van der Waals surface area (Å²) >= 11 is 3.48. The highest BCUT2D eigenvalue weighted by Gasteiger charge is 2.16. The van der Waals surface area contributed by atoms with Crippen LogP contribution in [0.15, 0.2) is 46.9 Å². The zero-order valence-corrected chi connectivity index (χ0v) is 13.6. The Labute approximate surface area is 132 Å². The molecule has 2 aromatic rings. The number of carbonyl (C=O) groups excluding carboxylic acids is 1. The number of hydrogen-bond donors (Lipinski definition) is 1. The van der Waals surface area contributed by atoms with Crippen LogP contribution in [0.25, 0.3) is 0 Å². The fraction of sp³-hybridized carbons (Fsp3) is 0.188. The van der Waals surface area contributed by atoms with Crippen LogP contribution in [0.5, 0.6) is 5.75 Å². The van der Waals surface area contributed by atoms with E-state index >= 15 is 0 Å². The number of rotatable bonds is 4. The molecule has 0 spiro atoms. The molecule has 0 unspecified atom stereocenters. The number of halogens is 1. The quantitative estimate of drug-likeness (QED) is 0.862. The number of carbonyl (C=O) groups is 1. The fourth-order valence-corrected chi connectivity index (χ4v) is 2.43. The van der Waals surface area contributed by atoms with Crippen LogP contribution in [0.1, 0.15) is 15.9 Å². The van der Waals surface area contributed by atoms with Crippen molar-refractivity contribution in [3.8, 4) is 5.75 Å². The number of methoxy groups -OCH3 is 1. The second kappa shape index (κ2) is 6.63. The third-order valence-electron chi connectivity index (χ3n) is 3.20. The summed E-state index contributed by atoms with van der Waals surface area (Å²) in [6.07, 6.45) is 0. The van der Waals surface area contributed by atoms with Gasteiger partial charge < -0.3 is 15.4 Å². The number of anilines is 1. The maximum atomic E-state index is 12.5. The van der Waals surface area contributed by atoms with Gasteiger partial charge in [-0.1, -0.05) is 34.1 Å². The van der Waals surface area contributed by atoms with Crippen molar-refractivity contribution in [3.63, 3.8) is 0 Å². The van der Waals surface area contributed by atoms with Gasteiger partial charge in [-0.2, -0.15) is 0 Å². The smallest absolute Gasteiger partial charge is 0.255 e. The maximum absolute atomic E-state index is 12.5. The van der Waals surface area contributed by atoms with Crippen LogP contribution in [0.3, 0.4) is 0 Å². The third-order valence-corrected chi connectivity index (χ3v) is 3.97. The molecule has 0 aliphatic carbocycles. The van der Waals surface area contributed by atoms with Crippen molar-refractivity contribution in [2.75, 3.05) is 19.9 Å². The predicted octanol–water partition coefficient (Wildman–Crippen LogP) is 3.31. The SMILES string of the molecule is COc1ccc(C(=O)N(C)Cc2ccccc2Br)c(N)c1.